The minimum Gasteiger partial charge on any atom is -0.550 e. The molecule has 128 valence electrons. The van der Waals surface area contributed by atoms with Crippen molar-refractivity contribution in [1.82, 2.24) is 4.90 Å². The molecule has 0 atom stereocenters. The Morgan fingerprint density at radius 1 is 1.33 bits per heavy atom. The fourth-order valence-electron chi connectivity index (χ4n) is 2.34. The Balaban J connectivity index is 1.98. The fraction of sp³-hybridized carbons (Fsp3) is 0.353. The van der Waals surface area contributed by atoms with Gasteiger partial charge >= 0.3 is 0 Å². The number of para-hydroxylation sites is 1. The summed E-state index contributed by atoms with van der Waals surface area (Å²) >= 11 is 6.56. The number of hydrogen-bond donors (Lipinski definition) is 0. The quantitative estimate of drug-likeness (QED) is 0.400. The number of carbonyl (C=O) groups excluding carboxylic acids is 2. The molecule has 1 aliphatic rings. The van der Waals surface area contributed by atoms with E-state index in [0.29, 0.717) is 34.4 Å². The lowest BCUT2D eigenvalue weighted by Crippen LogP contribution is -2.29. The Morgan fingerprint density at radius 3 is 2.79 bits per heavy atom. The van der Waals surface area contributed by atoms with Crippen LogP contribution < -0.4 is 9.84 Å². The third-order valence-corrected chi connectivity index (χ3v) is 4.94. The Bertz CT molecular complexity index is 672. The molecule has 2 rings (SSSR count). The molecular formula is C17H18NO4S2-. The van der Waals surface area contributed by atoms with Crippen molar-refractivity contribution in [2.75, 3.05) is 13.7 Å². The summed E-state index contributed by atoms with van der Waals surface area (Å²) in [6.45, 7) is 0.501. The summed E-state index contributed by atoms with van der Waals surface area (Å²) in [7, 11) is 1.59. The molecule has 0 radical (unpaired) electrons. The number of methoxy groups -OCH3 is 1. The number of hydrogen-bond acceptors (Lipinski definition) is 6. The molecule has 0 N–H and O–H groups in total. The van der Waals surface area contributed by atoms with Gasteiger partial charge in [0.2, 0.25) is 0 Å². The van der Waals surface area contributed by atoms with Crippen LogP contribution in [-0.2, 0) is 9.59 Å². The minimum atomic E-state index is -1.04. The number of unbranched alkanes of at least 4 members (excludes halogenated alkanes) is 2. The van der Waals surface area contributed by atoms with Crippen molar-refractivity contribution in [1.29, 1.82) is 0 Å². The summed E-state index contributed by atoms with van der Waals surface area (Å²) in [6, 6.07) is 7.47. The van der Waals surface area contributed by atoms with Gasteiger partial charge in [-0.3, -0.25) is 9.69 Å². The van der Waals surface area contributed by atoms with Gasteiger partial charge in [-0.15, -0.1) is 0 Å². The largest absolute Gasteiger partial charge is 0.550 e. The minimum absolute atomic E-state index is 0.0477. The average Bonchev–Trinajstić information content (AvgIpc) is 2.82. The van der Waals surface area contributed by atoms with Crippen molar-refractivity contribution in [2.24, 2.45) is 0 Å². The molecule has 1 aromatic carbocycles. The third kappa shape index (κ3) is 4.82. The number of thioether (sulfide) groups is 1. The maximum atomic E-state index is 12.5. The topological polar surface area (TPSA) is 69.7 Å². The summed E-state index contributed by atoms with van der Waals surface area (Å²) in [6.07, 6.45) is 3.81. The van der Waals surface area contributed by atoms with E-state index in [4.69, 9.17) is 17.0 Å². The fourth-order valence-corrected chi connectivity index (χ4v) is 3.64. The Morgan fingerprint density at radius 2 is 2.08 bits per heavy atom. The van der Waals surface area contributed by atoms with E-state index in [1.807, 2.05) is 24.3 Å². The molecule has 1 saturated heterocycles. The predicted octanol–water partition coefficient (Wildman–Crippen LogP) is 2.21. The van der Waals surface area contributed by atoms with E-state index >= 15 is 0 Å². The highest BCUT2D eigenvalue weighted by Gasteiger charge is 2.31. The molecule has 0 saturated carbocycles. The van der Waals surface area contributed by atoms with Crippen LogP contribution in [0.1, 0.15) is 31.2 Å². The highest BCUT2D eigenvalue weighted by molar-refractivity contribution is 8.26. The van der Waals surface area contributed by atoms with Crippen LogP contribution in [0.15, 0.2) is 29.2 Å². The molecule has 1 heterocycles. The second-order valence-electron chi connectivity index (χ2n) is 5.26. The highest BCUT2D eigenvalue weighted by atomic mass is 32.2. The van der Waals surface area contributed by atoms with Crippen molar-refractivity contribution >= 4 is 46.3 Å². The molecular weight excluding hydrogens is 346 g/mol. The molecule has 0 spiro atoms. The monoisotopic (exact) mass is 364 g/mol. The van der Waals surface area contributed by atoms with Crippen molar-refractivity contribution in [3.8, 4) is 5.75 Å². The van der Waals surface area contributed by atoms with Gasteiger partial charge in [0.15, 0.2) is 0 Å². The predicted molar refractivity (Wildman–Crippen MR) is 96.3 cm³/mol. The maximum Gasteiger partial charge on any atom is 0.266 e. The Kier molecular flexibility index (Phi) is 6.81. The number of amides is 1. The van der Waals surface area contributed by atoms with E-state index in [-0.39, 0.29) is 12.3 Å². The number of nitrogens with zero attached hydrogens (tertiary/aromatic N) is 1. The standard InChI is InChI=1S/C17H19NO4S2/c1-22-13-8-5-4-7-12(13)11-14-16(21)18(17(23)24-14)10-6-2-3-9-15(19)20/h4-5,7-8,11H,2-3,6,9-10H2,1H3,(H,19,20)/p-1/b14-11-. The lowest BCUT2D eigenvalue weighted by molar-refractivity contribution is -0.305. The van der Waals surface area contributed by atoms with Gasteiger partial charge in [0.25, 0.3) is 5.91 Å². The molecule has 24 heavy (non-hydrogen) atoms. The van der Waals surface area contributed by atoms with E-state index in [9.17, 15) is 14.7 Å². The average molecular weight is 364 g/mol. The van der Waals surface area contributed by atoms with E-state index in [0.717, 1.165) is 12.0 Å². The normalized spacial score (nSPS) is 16.0. The van der Waals surface area contributed by atoms with Gasteiger partial charge in [-0.25, -0.2) is 0 Å². The molecule has 1 aliphatic heterocycles. The number of carbonyl (C=O) groups is 2. The number of benzene rings is 1. The molecule has 7 heteroatoms. The molecule has 1 fully saturated rings. The lowest BCUT2D eigenvalue weighted by atomic mass is 10.1. The first-order chi connectivity index (χ1) is 11.5. The number of aliphatic carboxylic acids is 1. The SMILES string of the molecule is COc1ccccc1/C=C1\SC(=S)N(CCCCCC(=O)[O-])C1=O. The Hall–Kier alpha value is -1.86. The van der Waals surface area contributed by atoms with Crippen LogP contribution in [0.2, 0.25) is 0 Å². The number of carboxylic acids is 1. The smallest absolute Gasteiger partial charge is 0.266 e. The molecule has 0 unspecified atom stereocenters. The maximum absolute atomic E-state index is 12.5. The van der Waals surface area contributed by atoms with Crippen LogP contribution >= 0.6 is 24.0 Å². The summed E-state index contributed by atoms with van der Waals surface area (Å²) < 4.78 is 5.82. The molecule has 1 aromatic rings. The third-order valence-electron chi connectivity index (χ3n) is 3.56. The number of carboxylic acid groups (broad SMARTS) is 1. The second-order valence-corrected chi connectivity index (χ2v) is 6.93. The first-order valence-corrected chi connectivity index (χ1v) is 8.83. The van der Waals surface area contributed by atoms with Crippen molar-refractivity contribution in [3.05, 3.63) is 34.7 Å². The van der Waals surface area contributed by atoms with Crippen LogP contribution in [-0.4, -0.2) is 34.8 Å². The Labute approximate surface area is 150 Å². The number of thiocarbonyl (C=S) groups is 1. The first kappa shape index (κ1) is 18.5. The van der Waals surface area contributed by atoms with Crippen LogP contribution in [0, 0.1) is 0 Å². The number of rotatable bonds is 8. The molecule has 0 aromatic heterocycles. The molecule has 0 aliphatic carbocycles. The van der Waals surface area contributed by atoms with Crippen LogP contribution in [0.5, 0.6) is 5.75 Å². The van der Waals surface area contributed by atoms with Gasteiger partial charge in [-0.05, 0) is 31.4 Å². The van der Waals surface area contributed by atoms with Gasteiger partial charge in [0, 0.05) is 18.1 Å². The van der Waals surface area contributed by atoms with Crippen molar-refractivity contribution < 1.29 is 19.4 Å². The van der Waals surface area contributed by atoms with Crippen LogP contribution in [0.25, 0.3) is 6.08 Å². The van der Waals surface area contributed by atoms with Gasteiger partial charge in [0.1, 0.15) is 10.1 Å². The van der Waals surface area contributed by atoms with Crippen LogP contribution in [0.4, 0.5) is 0 Å². The molecule has 0 bridgehead atoms. The van der Waals surface area contributed by atoms with Crippen molar-refractivity contribution in [3.63, 3.8) is 0 Å². The summed E-state index contributed by atoms with van der Waals surface area (Å²) in [5, 5.41) is 10.4. The van der Waals surface area contributed by atoms with E-state index < -0.39 is 5.97 Å². The zero-order valence-electron chi connectivity index (χ0n) is 13.3. The van der Waals surface area contributed by atoms with E-state index in [2.05, 4.69) is 0 Å². The molecule has 5 nitrogen and oxygen atoms in total. The zero-order valence-corrected chi connectivity index (χ0v) is 15.0. The first-order valence-electron chi connectivity index (χ1n) is 7.61. The molecule has 1 amide bonds. The van der Waals surface area contributed by atoms with E-state index in [1.165, 1.54) is 11.8 Å². The lowest BCUT2D eigenvalue weighted by Gasteiger charge is -2.14. The zero-order chi connectivity index (χ0) is 17.5. The number of ether oxygens (including phenoxy) is 1. The summed E-state index contributed by atoms with van der Waals surface area (Å²) in [5.41, 5.74) is 0.828. The summed E-state index contributed by atoms with van der Waals surface area (Å²) in [5.74, 6) is -0.457. The van der Waals surface area contributed by atoms with Gasteiger partial charge < -0.3 is 14.6 Å². The summed E-state index contributed by atoms with van der Waals surface area (Å²) in [4.78, 5) is 25.0. The van der Waals surface area contributed by atoms with Crippen LogP contribution in [0.3, 0.4) is 0 Å². The highest BCUT2D eigenvalue weighted by Crippen LogP contribution is 2.34. The van der Waals surface area contributed by atoms with Gasteiger partial charge in [-0.1, -0.05) is 48.6 Å². The second kappa shape index (κ2) is 8.84. The van der Waals surface area contributed by atoms with Gasteiger partial charge in [0.05, 0.1) is 12.0 Å². The van der Waals surface area contributed by atoms with Gasteiger partial charge in [-0.2, -0.15) is 0 Å². The van der Waals surface area contributed by atoms with Crippen molar-refractivity contribution in [2.45, 2.75) is 25.7 Å². The van der Waals surface area contributed by atoms with E-state index in [1.54, 1.807) is 18.1 Å².